The number of aryl methyl sites for hydroxylation is 1. The Labute approximate surface area is 124 Å². The molecule has 0 radical (unpaired) electrons. The first-order valence-electron chi connectivity index (χ1n) is 7.22. The second-order valence-corrected chi connectivity index (χ2v) is 5.33. The first kappa shape index (κ1) is 13.9. The number of benzene rings is 1. The molecule has 0 unspecified atom stereocenters. The van der Waals surface area contributed by atoms with E-state index in [1.165, 1.54) is 12.1 Å². The van der Waals surface area contributed by atoms with Gasteiger partial charge in [0.25, 0.3) is 0 Å². The molecule has 1 aromatic carbocycles. The van der Waals surface area contributed by atoms with Gasteiger partial charge in [0.2, 0.25) is 0 Å². The molecule has 2 heterocycles. The van der Waals surface area contributed by atoms with E-state index in [2.05, 4.69) is 19.8 Å². The van der Waals surface area contributed by atoms with Gasteiger partial charge in [0.15, 0.2) is 0 Å². The molecule has 0 atom stereocenters. The van der Waals surface area contributed by atoms with Crippen molar-refractivity contribution in [3.8, 4) is 0 Å². The van der Waals surface area contributed by atoms with Gasteiger partial charge in [0.05, 0.1) is 5.69 Å². The van der Waals surface area contributed by atoms with Gasteiger partial charge in [-0.2, -0.15) is 0 Å². The van der Waals surface area contributed by atoms with Gasteiger partial charge in [-0.3, -0.25) is 4.90 Å². The molecule has 21 heavy (non-hydrogen) atoms. The van der Waals surface area contributed by atoms with Crippen LogP contribution in [-0.2, 0) is 6.54 Å². The molecule has 1 aliphatic rings. The molecule has 0 saturated carbocycles. The van der Waals surface area contributed by atoms with Gasteiger partial charge in [-0.1, -0.05) is 0 Å². The highest BCUT2D eigenvalue weighted by atomic mass is 19.1. The number of aromatic nitrogens is 2. The summed E-state index contributed by atoms with van der Waals surface area (Å²) in [4.78, 5) is 13.3. The predicted molar refractivity (Wildman–Crippen MR) is 80.7 cm³/mol. The predicted octanol–water partition coefficient (Wildman–Crippen LogP) is 2.25. The maximum absolute atomic E-state index is 13.0. The lowest BCUT2D eigenvalue weighted by atomic mass is 10.2. The average Bonchev–Trinajstić information content (AvgIpc) is 2.49. The van der Waals surface area contributed by atoms with Gasteiger partial charge in [0, 0.05) is 44.6 Å². The second kappa shape index (κ2) is 6.18. The van der Waals surface area contributed by atoms with Crippen molar-refractivity contribution in [2.75, 3.05) is 31.1 Å². The summed E-state index contributed by atoms with van der Waals surface area (Å²) in [5.74, 6) is 0.633. The van der Waals surface area contributed by atoms with E-state index >= 15 is 0 Å². The summed E-state index contributed by atoms with van der Waals surface area (Å²) in [6, 6.07) is 8.70. The number of hydrogen-bond acceptors (Lipinski definition) is 4. The number of nitrogens with zero attached hydrogens (tertiary/aromatic N) is 4. The lowest BCUT2D eigenvalue weighted by Crippen LogP contribution is -2.46. The van der Waals surface area contributed by atoms with Crippen molar-refractivity contribution < 1.29 is 4.39 Å². The van der Waals surface area contributed by atoms with Crippen LogP contribution in [0, 0.1) is 12.7 Å². The summed E-state index contributed by atoms with van der Waals surface area (Å²) in [7, 11) is 0. The van der Waals surface area contributed by atoms with Gasteiger partial charge in [-0.15, -0.1) is 0 Å². The summed E-state index contributed by atoms with van der Waals surface area (Å²) in [5.41, 5.74) is 2.16. The molecular weight excluding hydrogens is 267 g/mol. The normalized spacial score (nSPS) is 16.2. The summed E-state index contributed by atoms with van der Waals surface area (Å²) in [6.07, 6.45) is 1.81. The van der Waals surface area contributed by atoms with Crippen LogP contribution in [0.2, 0.25) is 0 Å². The Morgan fingerprint density at radius 2 is 1.76 bits per heavy atom. The largest absolute Gasteiger partial charge is 0.369 e. The minimum atomic E-state index is -0.184. The smallest absolute Gasteiger partial charge is 0.125 e. The van der Waals surface area contributed by atoms with Crippen LogP contribution >= 0.6 is 0 Å². The third kappa shape index (κ3) is 3.55. The molecule has 0 aliphatic carbocycles. The molecule has 0 amide bonds. The van der Waals surface area contributed by atoms with E-state index in [1.807, 2.05) is 31.3 Å². The lowest BCUT2D eigenvalue weighted by molar-refractivity contribution is 0.247. The monoisotopic (exact) mass is 286 g/mol. The van der Waals surface area contributed by atoms with Crippen LogP contribution in [-0.4, -0.2) is 41.0 Å². The molecule has 1 saturated heterocycles. The highest BCUT2D eigenvalue weighted by Gasteiger charge is 2.17. The molecule has 0 bridgehead atoms. The van der Waals surface area contributed by atoms with Crippen molar-refractivity contribution >= 4 is 5.69 Å². The minimum Gasteiger partial charge on any atom is -0.369 e. The van der Waals surface area contributed by atoms with E-state index in [0.717, 1.165) is 49.9 Å². The number of piperazine rings is 1. The topological polar surface area (TPSA) is 32.3 Å². The zero-order valence-corrected chi connectivity index (χ0v) is 12.2. The van der Waals surface area contributed by atoms with E-state index in [4.69, 9.17) is 0 Å². The van der Waals surface area contributed by atoms with Crippen molar-refractivity contribution in [1.29, 1.82) is 0 Å². The van der Waals surface area contributed by atoms with Crippen molar-refractivity contribution in [2.24, 2.45) is 0 Å². The zero-order valence-electron chi connectivity index (χ0n) is 12.2. The number of rotatable bonds is 3. The van der Waals surface area contributed by atoms with E-state index in [0.29, 0.717) is 0 Å². The third-order valence-electron chi connectivity index (χ3n) is 3.78. The Morgan fingerprint density at radius 3 is 2.43 bits per heavy atom. The van der Waals surface area contributed by atoms with Crippen molar-refractivity contribution in [1.82, 2.24) is 14.9 Å². The highest BCUT2D eigenvalue weighted by molar-refractivity contribution is 5.46. The van der Waals surface area contributed by atoms with Gasteiger partial charge in [0.1, 0.15) is 11.6 Å². The fourth-order valence-corrected chi connectivity index (χ4v) is 2.64. The average molecular weight is 286 g/mol. The molecular formula is C16H19FN4. The molecule has 2 aromatic rings. The molecule has 1 fully saturated rings. The summed E-state index contributed by atoms with van der Waals surface area (Å²) in [5, 5.41) is 0. The van der Waals surface area contributed by atoms with Gasteiger partial charge < -0.3 is 4.90 Å². The Kier molecular flexibility index (Phi) is 4.10. The van der Waals surface area contributed by atoms with Gasteiger partial charge in [-0.25, -0.2) is 14.4 Å². The maximum Gasteiger partial charge on any atom is 0.125 e. The van der Waals surface area contributed by atoms with Crippen LogP contribution in [0.15, 0.2) is 36.5 Å². The minimum absolute atomic E-state index is 0.184. The number of halogens is 1. The highest BCUT2D eigenvalue weighted by Crippen LogP contribution is 2.17. The molecule has 0 N–H and O–H groups in total. The standard InChI is InChI=1S/C16H19FN4/c1-13-18-7-6-15(19-13)12-20-8-10-21(11-9-20)16-4-2-14(17)3-5-16/h2-7H,8-12H2,1H3. The number of anilines is 1. The van der Waals surface area contributed by atoms with Crippen LogP contribution in [0.5, 0.6) is 0 Å². The van der Waals surface area contributed by atoms with Crippen molar-refractivity contribution in [3.63, 3.8) is 0 Å². The van der Waals surface area contributed by atoms with Crippen molar-refractivity contribution in [3.05, 3.63) is 53.9 Å². The molecule has 1 aromatic heterocycles. The van der Waals surface area contributed by atoms with Crippen LogP contribution in [0.25, 0.3) is 0 Å². The van der Waals surface area contributed by atoms with Gasteiger partial charge in [-0.05, 0) is 37.3 Å². The molecule has 4 nitrogen and oxygen atoms in total. The quantitative estimate of drug-likeness (QED) is 0.866. The van der Waals surface area contributed by atoms with Crippen LogP contribution in [0.1, 0.15) is 11.5 Å². The van der Waals surface area contributed by atoms with Crippen LogP contribution < -0.4 is 4.90 Å². The molecule has 110 valence electrons. The maximum atomic E-state index is 13.0. The summed E-state index contributed by atoms with van der Waals surface area (Å²) >= 11 is 0. The first-order valence-corrected chi connectivity index (χ1v) is 7.22. The fourth-order valence-electron chi connectivity index (χ4n) is 2.64. The zero-order chi connectivity index (χ0) is 14.7. The van der Waals surface area contributed by atoms with Crippen LogP contribution in [0.3, 0.4) is 0 Å². The summed E-state index contributed by atoms with van der Waals surface area (Å²) in [6.45, 7) is 6.66. The second-order valence-electron chi connectivity index (χ2n) is 5.33. The Hall–Kier alpha value is -2.01. The van der Waals surface area contributed by atoms with Crippen molar-refractivity contribution in [2.45, 2.75) is 13.5 Å². The Morgan fingerprint density at radius 1 is 1.05 bits per heavy atom. The van der Waals surface area contributed by atoms with E-state index in [1.54, 1.807) is 0 Å². The molecule has 1 aliphatic heterocycles. The first-order chi connectivity index (χ1) is 10.2. The van der Waals surface area contributed by atoms with Gasteiger partial charge >= 0.3 is 0 Å². The van der Waals surface area contributed by atoms with E-state index in [9.17, 15) is 4.39 Å². The third-order valence-corrected chi connectivity index (χ3v) is 3.78. The molecule has 3 rings (SSSR count). The SMILES string of the molecule is Cc1nccc(CN2CCN(c3ccc(F)cc3)CC2)n1. The molecule has 5 heteroatoms. The molecule has 0 spiro atoms. The fraction of sp³-hybridized carbons (Fsp3) is 0.375. The lowest BCUT2D eigenvalue weighted by Gasteiger charge is -2.35. The van der Waals surface area contributed by atoms with E-state index < -0.39 is 0 Å². The number of hydrogen-bond donors (Lipinski definition) is 0. The van der Waals surface area contributed by atoms with Crippen LogP contribution in [0.4, 0.5) is 10.1 Å². The Bertz CT molecular complexity index is 591. The van der Waals surface area contributed by atoms with E-state index in [-0.39, 0.29) is 5.82 Å². The Balaban J connectivity index is 1.56. The summed E-state index contributed by atoms with van der Waals surface area (Å²) < 4.78 is 13.0.